The molecule has 152 valence electrons. The number of benzene rings is 1. The fourth-order valence-electron chi connectivity index (χ4n) is 4.24. The van der Waals surface area contributed by atoms with Crippen LogP contribution in [0.15, 0.2) is 23.0 Å². The Balaban J connectivity index is 1.63. The molecule has 4 heterocycles. The van der Waals surface area contributed by atoms with Crippen molar-refractivity contribution in [2.75, 3.05) is 33.6 Å². The molecule has 2 aromatic heterocycles. The molecule has 1 fully saturated rings. The van der Waals surface area contributed by atoms with E-state index in [0.29, 0.717) is 36.0 Å². The molecule has 0 bridgehead atoms. The summed E-state index contributed by atoms with van der Waals surface area (Å²) in [6.45, 7) is 3.17. The van der Waals surface area contributed by atoms with Crippen LogP contribution in [0, 0.1) is 0 Å². The van der Waals surface area contributed by atoms with E-state index < -0.39 is 0 Å². The highest BCUT2D eigenvalue weighted by molar-refractivity contribution is 5.83. The highest BCUT2D eigenvalue weighted by atomic mass is 16.7. The lowest BCUT2D eigenvalue weighted by Gasteiger charge is -2.23. The fourth-order valence-corrected chi connectivity index (χ4v) is 4.24. The Morgan fingerprint density at radius 1 is 1.24 bits per heavy atom. The van der Waals surface area contributed by atoms with Crippen LogP contribution in [-0.2, 0) is 11.3 Å². The molecular weight excluding hydrogens is 376 g/mol. The first-order valence-corrected chi connectivity index (χ1v) is 9.81. The van der Waals surface area contributed by atoms with Gasteiger partial charge in [-0.15, -0.1) is 5.10 Å². The summed E-state index contributed by atoms with van der Waals surface area (Å²) in [6, 6.07) is 5.40. The minimum absolute atomic E-state index is 0.137. The van der Waals surface area contributed by atoms with Crippen LogP contribution in [0.25, 0.3) is 10.9 Å². The van der Waals surface area contributed by atoms with Crippen molar-refractivity contribution < 1.29 is 19.1 Å². The molecule has 0 radical (unpaired) electrons. The number of nitrogens with zero attached hydrogens (tertiary/aromatic N) is 4. The van der Waals surface area contributed by atoms with Gasteiger partial charge in [-0.3, -0.25) is 4.79 Å². The topological polar surface area (TPSA) is 109 Å². The molecule has 0 unspecified atom stereocenters. The molecule has 2 N–H and O–H groups in total. The molecular formula is C19H23N6O4+. The number of pyridine rings is 1. The number of aromatic amines is 1. The number of hydrogen-bond acceptors (Lipinski definition) is 7. The average Bonchev–Trinajstić information content (AvgIpc) is 3.48. The molecule has 1 atom stereocenters. The fraction of sp³-hybridized carbons (Fsp3) is 0.474. The van der Waals surface area contributed by atoms with Crippen molar-refractivity contribution in [3.63, 3.8) is 0 Å². The summed E-state index contributed by atoms with van der Waals surface area (Å²) in [6.07, 6.45) is 2.24. The number of methoxy groups -OCH3 is 1. The zero-order valence-electron chi connectivity index (χ0n) is 16.2. The molecule has 29 heavy (non-hydrogen) atoms. The van der Waals surface area contributed by atoms with E-state index >= 15 is 0 Å². The number of tetrazole rings is 1. The SMILES string of the molecule is COCCn1nnnc1[C@@H](c1cc2cc3c(cc2[nH]c1=O)OCO3)[NH+]1CCCC1. The first kappa shape index (κ1) is 18.1. The second kappa shape index (κ2) is 7.45. The Labute approximate surface area is 166 Å². The first-order valence-electron chi connectivity index (χ1n) is 9.81. The lowest BCUT2D eigenvalue weighted by Crippen LogP contribution is -3.10. The van der Waals surface area contributed by atoms with Gasteiger partial charge in [0.05, 0.1) is 37.3 Å². The summed E-state index contributed by atoms with van der Waals surface area (Å²) in [5.41, 5.74) is 1.24. The number of aromatic nitrogens is 5. The molecule has 1 saturated heterocycles. The zero-order chi connectivity index (χ0) is 19.8. The Hall–Kier alpha value is -2.98. The number of H-pyrrole nitrogens is 1. The minimum atomic E-state index is -0.247. The molecule has 10 nitrogen and oxygen atoms in total. The quantitative estimate of drug-likeness (QED) is 0.584. The minimum Gasteiger partial charge on any atom is -0.454 e. The van der Waals surface area contributed by atoms with Crippen LogP contribution >= 0.6 is 0 Å². The molecule has 0 aliphatic carbocycles. The van der Waals surface area contributed by atoms with Gasteiger partial charge in [-0.1, -0.05) is 0 Å². The van der Waals surface area contributed by atoms with E-state index in [9.17, 15) is 4.79 Å². The monoisotopic (exact) mass is 399 g/mol. The van der Waals surface area contributed by atoms with Crippen molar-refractivity contribution in [1.82, 2.24) is 25.2 Å². The number of hydrogen-bond donors (Lipinski definition) is 2. The van der Waals surface area contributed by atoms with Crippen LogP contribution in [0.2, 0.25) is 0 Å². The van der Waals surface area contributed by atoms with Gasteiger partial charge in [-0.2, -0.15) is 0 Å². The number of likely N-dealkylation sites (tertiary alicyclic amines) is 1. The second-order valence-electron chi connectivity index (χ2n) is 7.40. The maximum absolute atomic E-state index is 13.1. The molecule has 0 saturated carbocycles. The molecule has 5 rings (SSSR count). The number of ether oxygens (including phenoxy) is 3. The molecule has 0 spiro atoms. The van der Waals surface area contributed by atoms with Crippen LogP contribution in [-0.4, -0.2) is 58.8 Å². The predicted octanol–water partition coefficient (Wildman–Crippen LogP) is -0.342. The highest BCUT2D eigenvalue weighted by Gasteiger charge is 2.35. The van der Waals surface area contributed by atoms with Crippen molar-refractivity contribution in [1.29, 1.82) is 0 Å². The first-order chi connectivity index (χ1) is 14.2. The molecule has 10 heteroatoms. The molecule has 2 aliphatic heterocycles. The van der Waals surface area contributed by atoms with Gasteiger partial charge in [0.15, 0.2) is 17.5 Å². The van der Waals surface area contributed by atoms with Crippen molar-refractivity contribution in [2.24, 2.45) is 0 Å². The van der Waals surface area contributed by atoms with Crippen LogP contribution in [0.3, 0.4) is 0 Å². The summed E-state index contributed by atoms with van der Waals surface area (Å²) in [4.78, 5) is 17.4. The molecule has 3 aromatic rings. The number of quaternary nitrogens is 1. The average molecular weight is 399 g/mol. The van der Waals surface area contributed by atoms with Crippen LogP contribution in [0.4, 0.5) is 0 Å². The lowest BCUT2D eigenvalue weighted by atomic mass is 10.0. The standard InChI is InChI=1S/C19H22N6O4/c1-27-7-6-25-18(21-22-23-25)17(24-4-2-3-5-24)13-8-12-9-15-16(29-11-28-15)10-14(12)20-19(13)26/h8-10,17H,2-7,11H2,1H3,(H,20,26)/p+1/t17-/m1/s1. The number of rotatable bonds is 6. The van der Waals surface area contributed by atoms with Crippen LogP contribution in [0.5, 0.6) is 11.5 Å². The van der Waals surface area contributed by atoms with Crippen molar-refractivity contribution in [2.45, 2.75) is 25.4 Å². The van der Waals surface area contributed by atoms with Gasteiger partial charge in [0.2, 0.25) is 12.6 Å². The summed E-state index contributed by atoms with van der Waals surface area (Å²) in [7, 11) is 1.64. The Morgan fingerprint density at radius 2 is 2.03 bits per heavy atom. The van der Waals surface area contributed by atoms with Gasteiger partial charge in [0.1, 0.15) is 0 Å². The Bertz CT molecular complexity index is 1090. The lowest BCUT2D eigenvalue weighted by molar-refractivity contribution is -0.914. The molecule has 0 amide bonds. The summed E-state index contributed by atoms with van der Waals surface area (Å²) in [5, 5.41) is 13.2. The van der Waals surface area contributed by atoms with E-state index in [2.05, 4.69) is 20.5 Å². The van der Waals surface area contributed by atoms with E-state index in [4.69, 9.17) is 14.2 Å². The Kier molecular flexibility index (Phi) is 4.64. The second-order valence-corrected chi connectivity index (χ2v) is 7.40. The highest BCUT2D eigenvalue weighted by Crippen LogP contribution is 2.35. The van der Waals surface area contributed by atoms with Crippen molar-refractivity contribution in [3.8, 4) is 11.5 Å². The van der Waals surface area contributed by atoms with E-state index in [1.165, 1.54) is 4.90 Å². The number of nitrogens with one attached hydrogen (secondary N) is 2. The summed E-state index contributed by atoms with van der Waals surface area (Å²) >= 11 is 0. The van der Waals surface area contributed by atoms with Crippen molar-refractivity contribution in [3.05, 3.63) is 39.9 Å². The van der Waals surface area contributed by atoms with Crippen LogP contribution < -0.4 is 19.9 Å². The Morgan fingerprint density at radius 3 is 2.83 bits per heavy atom. The summed E-state index contributed by atoms with van der Waals surface area (Å²) < 4.78 is 17.9. The smallest absolute Gasteiger partial charge is 0.258 e. The van der Waals surface area contributed by atoms with Gasteiger partial charge >= 0.3 is 0 Å². The van der Waals surface area contributed by atoms with Gasteiger partial charge in [-0.25, -0.2) is 4.68 Å². The van der Waals surface area contributed by atoms with Gasteiger partial charge in [-0.05, 0) is 22.6 Å². The van der Waals surface area contributed by atoms with Crippen LogP contribution in [0.1, 0.15) is 30.3 Å². The predicted molar refractivity (Wildman–Crippen MR) is 102 cm³/mol. The molecule has 1 aromatic carbocycles. The van der Waals surface area contributed by atoms with Gasteiger partial charge in [0.25, 0.3) is 5.56 Å². The van der Waals surface area contributed by atoms with Gasteiger partial charge in [0, 0.05) is 31.4 Å². The third-order valence-corrected chi connectivity index (χ3v) is 5.66. The molecule has 2 aliphatic rings. The van der Waals surface area contributed by atoms with E-state index in [1.807, 2.05) is 18.2 Å². The maximum atomic E-state index is 13.1. The third kappa shape index (κ3) is 3.23. The zero-order valence-corrected chi connectivity index (χ0v) is 16.2. The van der Waals surface area contributed by atoms with E-state index in [0.717, 1.165) is 36.8 Å². The number of fused-ring (bicyclic) bond motifs is 2. The maximum Gasteiger partial charge on any atom is 0.258 e. The third-order valence-electron chi connectivity index (χ3n) is 5.66. The van der Waals surface area contributed by atoms with Gasteiger partial charge < -0.3 is 24.1 Å². The summed E-state index contributed by atoms with van der Waals surface area (Å²) in [5.74, 6) is 2.01. The van der Waals surface area contributed by atoms with Crippen molar-refractivity contribution >= 4 is 10.9 Å². The van der Waals surface area contributed by atoms with E-state index in [-0.39, 0.29) is 18.4 Å². The normalized spacial score (nSPS) is 17.3. The largest absolute Gasteiger partial charge is 0.454 e. The van der Waals surface area contributed by atoms with E-state index in [1.54, 1.807) is 11.8 Å².